The molecule has 1 fully saturated rings. The molecule has 2 bridgehead atoms. The lowest BCUT2D eigenvalue weighted by atomic mass is 9.93. The molecule has 1 aromatic rings. The number of aryl methyl sites for hydroxylation is 1. The molecule has 0 spiro atoms. The first-order valence-corrected chi connectivity index (χ1v) is 17.4. The van der Waals surface area contributed by atoms with Crippen LogP contribution in [0.1, 0.15) is 79.7 Å². The molecule has 3 N–H and O–H groups in total. The monoisotopic (exact) mass is 657 g/mol. The summed E-state index contributed by atoms with van der Waals surface area (Å²) in [6.45, 7) is 26.4. The molecule has 2 heterocycles. The lowest BCUT2D eigenvalue weighted by molar-refractivity contribution is -0.127. The molecule has 47 heavy (non-hydrogen) atoms. The molecule has 2 amide bonds. The fourth-order valence-electron chi connectivity index (χ4n) is 5.31. The Morgan fingerprint density at radius 1 is 1.09 bits per heavy atom. The highest BCUT2D eigenvalue weighted by Crippen LogP contribution is 2.29. The smallest absolute Gasteiger partial charge is 0.260 e. The van der Waals surface area contributed by atoms with Crippen LogP contribution in [0.2, 0.25) is 0 Å². The summed E-state index contributed by atoms with van der Waals surface area (Å²) in [5.41, 5.74) is 6.91. The number of carbonyl (C=O) groups excluding carboxylic acids is 2. The molecule has 1 saturated heterocycles. The van der Waals surface area contributed by atoms with Crippen LogP contribution in [0.3, 0.4) is 0 Å². The molecule has 0 aromatic heterocycles. The van der Waals surface area contributed by atoms with Gasteiger partial charge in [-0.25, -0.2) is 4.99 Å². The summed E-state index contributed by atoms with van der Waals surface area (Å²) in [4.78, 5) is 33.9. The maximum absolute atomic E-state index is 13.3. The molecule has 0 aliphatic carbocycles. The fourth-order valence-corrected chi connectivity index (χ4v) is 5.94. The Kier molecular flexibility index (Phi) is 16.9. The number of fused-ring (bicyclic) bond motifs is 2. The maximum Gasteiger partial charge on any atom is 0.260 e. The van der Waals surface area contributed by atoms with Crippen LogP contribution in [0, 0.1) is 5.92 Å². The third-order valence-electron chi connectivity index (χ3n) is 7.97. The van der Waals surface area contributed by atoms with Crippen molar-refractivity contribution in [1.29, 1.82) is 0 Å². The van der Waals surface area contributed by atoms with Gasteiger partial charge in [-0.3, -0.25) is 9.59 Å². The second kappa shape index (κ2) is 20.3. The number of hydrogen-bond donors (Lipinski definition) is 3. The minimum absolute atomic E-state index is 0.00239. The predicted molar refractivity (Wildman–Crippen MR) is 204 cm³/mol. The van der Waals surface area contributed by atoms with E-state index in [9.17, 15) is 9.59 Å². The van der Waals surface area contributed by atoms with Gasteiger partial charge in [-0.1, -0.05) is 54.8 Å². The summed E-state index contributed by atoms with van der Waals surface area (Å²) in [5, 5.41) is 11.9. The molecule has 254 valence electrons. The molecular weight excluding hydrogens is 603 g/mol. The number of rotatable bonds is 8. The third kappa shape index (κ3) is 12.6. The van der Waals surface area contributed by atoms with E-state index in [0.29, 0.717) is 19.5 Å². The molecule has 2 aliphatic heterocycles. The zero-order valence-corrected chi connectivity index (χ0v) is 30.4. The average molecular weight is 658 g/mol. The zero-order chi connectivity index (χ0) is 34.9. The van der Waals surface area contributed by atoms with E-state index < -0.39 is 0 Å². The standard InChI is InChI=1S/C36H49N5O2S.C3H6/c1-9-25(7)35-38-26(8)37-30(11-3)21-27(10-2)13-14-29-23-31(39-35)15-16-32(29)40-33(42)22-28-17-19-41(20-18-28)36(43)34(24(5)6)44-12-4;1-3-2/h9-12,15-16,21,23,26,28,37H,2,4,13-14,17-20,22H2,1,3,5-8H3,(H,38,39)(H,40,42);3H,1H2,2H3/b25-9-,27-21+,30-11+;. The number of nitrogens with one attached hydrogen (secondary N) is 3. The van der Waals surface area contributed by atoms with E-state index in [4.69, 9.17) is 4.99 Å². The van der Waals surface area contributed by atoms with Crippen LogP contribution in [-0.2, 0) is 16.0 Å². The van der Waals surface area contributed by atoms with Gasteiger partial charge in [0.25, 0.3) is 5.91 Å². The molecule has 1 aromatic carbocycles. The van der Waals surface area contributed by atoms with Crippen molar-refractivity contribution in [3.05, 3.63) is 107 Å². The van der Waals surface area contributed by atoms with E-state index in [1.165, 1.54) is 11.8 Å². The van der Waals surface area contributed by atoms with Crippen molar-refractivity contribution < 1.29 is 9.59 Å². The van der Waals surface area contributed by atoms with E-state index in [1.54, 1.807) is 11.5 Å². The van der Waals surface area contributed by atoms with Crippen LogP contribution in [0.25, 0.3) is 0 Å². The predicted octanol–water partition coefficient (Wildman–Crippen LogP) is 9.29. The Balaban J connectivity index is 0.00000246. The summed E-state index contributed by atoms with van der Waals surface area (Å²) >= 11 is 1.38. The van der Waals surface area contributed by atoms with E-state index in [2.05, 4.69) is 47.8 Å². The van der Waals surface area contributed by atoms with E-state index in [0.717, 1.165) is 75.8 Å². The Morgan fingerprint density at radius 3 is 2.34 bits per heavy atom. The number of amidine groups is 1. The SMILES string of the molecule is C=CC.C=CSC(C(=O)N1CCC(CC(=O)Nc2ccc3cc2CC/C(C=C)=C/C(=C\C)NC(C)/N=C(\C(C)=C/C)N3)CC1)=C(C)C. The first-order chi connectivity index (χ1) is 22.5. The number of amides is 2. The molecule has 2 aliphatic rings. The summed E-state index contributed by atoms with van der Waals surface area (Å²) in [7, 11) is 0. The second-order valence-electron chi connectivity index (χ2n) is 11.9. The molecule has 1 atom stereocenters. The number of likely N-dealkylation sites (tertiary alicyclic amines) is 1. The summed E-state index contributed by atoms with van der Waals surface area (Å²) in [5.74, 6) is 1.09. The molecule has 1 unspecified atom stereocenters. The van der Waals surface area contributed by atoms with Crippen molar-refractivity contribution in [2.24, 2.45) is 10.9 Å². The minimum Gasteiger partial charge on any atom is -0.364 e. The Morgan fingerprint density at radius 2 is 1.77 bits per heavy atom. The number of allylic oxidation sites excluding steroid dienone is 7. The number of carbonyl (C=O) groups is 2. The van der Waals surface area contributed by atoms with Crippen LogP contribution in [-0.4, -0.2) is 41.8 Å². The van der Waals surface area contributed by atoms with Gasteiger partial charge in [0.2, 0.25) is 5.91 Å². The zero-order valence-electron chi connectivity index (χ0n) is 29.5. The number of benzene rings is 1. The van der Waals surface area contributed by atoms with Gasteiger partial charge in [0.15, 0.2) is 0 Å². The van der Waals surface area contributed by atoms with Crippen LogP contribution in [0.5, 0.6) is 0 Å². The number of nitrogens with zero attached hydrogens (tertiary/aromatic N) is 2. The summed E-state index contributed by atoms with van der Waals surface area (Å²) < 4.78 is 0. The molecule has 7 nitrogen and oxygen atoms in total. The van der Waals surface area contributed by atoms with Crippen LogP contribution in [0.4, 0.5) is 11.4 Å². The van der Waals surface area contributed by atoms with E-state index in [1.807, 2.05) is 83.7 Å². The second-order valence-corrected chi connectivity index (χ2v) is 12.9. The van der Waals surface area contributed by atoms with Crippen LogP contribution >= 0.6 is 11.8 Å². The Labute approximate surface area is 287 Å². The van der Waals surface area contributed by atoms with Gasteiger partial charge in [-0.05, 0) is 126 Å². The third-order valence-corrected chi connectivity index (χ3v) is 8.95. The van der Waals surface area contributed by atoms with Gasteiger partial charge in [0.1, 0.15) is 12.0 Å². The van der Waals surface area contributed by atoms with Crippen molar-refractivity contribution in [3.8, 4) is 0 Å². The first kappa shape index (κ1) is 39.1. The summed E-state index contributed by atoms with van der Waals surface area (Å²) in [6.07, 6.45) is 13.2. The number of hydrogen-bond acceptors (Lipinski definition) is 6. The maximum atomic E-state index is 13.3. The van der Waals surface area contributed by atoms with Crippen molar-refractivity contribution in [2.75, 3.05) is 23.7 Å². The summed E-state index contributed by atoms with van der Waals surface area (Å²) in [6, 6.07) is 6.07. The highest BCUT2D eigenvalue weighted by molar-refractivity contribution is 8.06. The molecule has 0 saturated carbocycles. The molecule has 3 rings (SSSR count). The van der Waals surface area contributed by atoms with Crippen molar-refractivity contribution in [2.45, 2.75) is 86.7 Å². The molecule has 0 radical (unpaired) electrons. The topological polar surface area (TPSA) is 85.8 Å². The van der Waals surface area contributed by atoms with Gasteiger partial charge < -0.3 is 20.9 Å². The molecular formula is C39H55N5O2S. The van der Waals surface area contributed by atoms with Gasteiger partial charge >= 0.3 is 0 Å². The Bertz CT molecular complexity index is 1440. The number of piperidine rings is 1. The van der Waals surface area contributed by atoms with Crippen molar-refractivity contribution >= 4 is 40.8 Å². The quantitative estimate of drug-likeness (QED) is 0.192. The molecule has 8 heteroatoms. The fraction of sp³-hybridized carbons (Fsp3) is 0.410. The van der Waals surface area contributed by atoms with Crippen molar-refractivity contribution in [3.63, 3.8) is 0 Å². The lowest BCUT2D eigenvalue weighted by Crippen LogP contribution is -2.39. The number of thioether (sulfide) groups is 1. The highest BCUT2D eigenvalue weighted by atomic mass is 32.2. The van der Waals surface area contributed by atoms with Gasteiger partial charge in [-0.2, -0.15) is 0 Å². The van der Waals surface area contributed by atoms with E-state index >= 15 is 0 Å². The van der Waals surface area contributed by atoms with E-state index in [-0.39, 0.29) is 23.9 Å². The normalized spacial score (nSPS) is 20.4. The minimum atomic E-state index is -0.148. The van der Waals surface area contributed by atoms with Crippen molar-refractivity contribution in [1.82, 2.24) is 10.2 Å². The van der Waals surface area contributed by atoms with Gasteiger partial charge in [-0.15, -0.1) is 6.58 Å². The number of aliphatic imine (C=N–C) groups is 1. The van der Waals surface area contributed by atoms with Crippen LogP contribution in [0.15, 0.2) is 106 Å². The number of anilines is 2. The largest absolute Gasteiger partial charge is 0.364 e. The van der Waals surface area contributed by atoms with Gasteiger partial charge in [0, 0.05) is 36.6 Å². The first-order valence-electron chi connectivity index (χ1n) is 16.5. The highest BCUT2D eigenvalue weighted by Gasteiger charge is 2.27. The average Bonchev–Trinajstić information content (AvgIpc) is 3.05. The Hall–Kier alpha value is -4.04. The van der Waals surface area contributed by atoms with Crippen LogP contribution < -0.4 is 16.0 Å². The lowest BCUT2D eigenvalue weighted by Gasteiger charge is -2.32. The van der Waals surface area contributed by atoms with Gasteiger partial charge in [0.05, 0.1) is 4.91 Å².